The lowest BCUT2D eigenvalue weighted by Gasteiger charge is -2.20. The first kappa shape index (κ1) is 16.0. The Morgan fingerprint density at radius 2 is 2.14 bits per heavy atom. The molecule has 0 aliphatic carbocycles. The second kappa shape index (κ2) is 8.14. The van der Waals surface area contributed by atoms with Gasteiger partial charge in [-0.1, -0.05) is 24.3 Å². The Morgan fingerprint density at radius 3 is 2.82 bits per heavy atom. The molecule has 0 fully saturated rings. The monoisotopic (exact) mass is 302 g/mol. The summed E-state index contributed by atoms with van der Waals surface area (Å²) < 4.78 is 18.8. The summed E-state index contributed by atoms with van der Waals surface area (Å²) in [6.45, 7) is 5.04. The van der Waals surface area contributed by atoms with Gasteiger partial charge in [0.2, 0.25) is 5.91 Å². The fourth-order valence-electron chi connectivity index (χ4n) is 2.09. The summed E-state index contributed by atoms with van der Waals surface area (Å²) >= 11 is 0. The van der Waals surface area contributed by atoms with Crippen molar-refractivity contribution in [2.75, 3.05) is 13.1 Å². The molecule has 0 atom stereocenters. The van der Waals surface area contributed by atoms with Gasteiger partial charge in [0.05, 0.1) is 19.4 Å². The van der Waals surface area contributed by atoms with Gasteiger partial charge in [0.1, 0.15) is 11.6 Å². The molecule has 1 aromatic carbocycles. The van der Waals surface area contributed by atoms with Crippen molar-refractivity contribution in [3.05, 3.63) is 72.5 Å². The lowest BCUT2D eigenvalue weighted by Crippen LogP contribution is -2.36. The number of rotatable bonds is 8. The largest absolute Gasteiger partial charge is 0.467 e. The van der Waals surface area contributed by atoms with Gasteiger partial charge >= 0.3 is 0 Å². The maximum Gasteiger partial charge on any atom is 0.234 e. The molecular weight excluding hydrogens is 283 g/mol. The molecule has 4 nitrogen and oxygen atoms in total. The van der Waals surface area contributed by atoms with Crippen LogP contribution in [0.25, 0.3) is 0 Å². The molecule has 1 aromatic heterocycles. The molecule has 0 aliphatic rings. The Morgan fingerprint density at radius 1 is 1.32 bits per heavy atom. The first-order valence-electron chi connectivity index (χ1n) is 7.05. The van der Waals surface area contributed by atoms with Crippen LogP contribution in [0.3, 0.4) is 0 Å². The van der Waals surface area contributed by atoms with Crippen molar-refractivity contribution in [1.29, 1.82) is 0 Å². The van der Waals surface area contributed by atoms with E-state index in [9.17, 15) is 9.18 Å². The highest BCUT2D eigenvalue weighted by atomic mass is 19.1. The van der Waals surface area contributed by atoms with Gasteiger partial charge < -0.3 is 9.73 Å². The van der Waals surface area contributed by atoms with Gasteiger partial charge in [-0.2, -0.15) is 0 Å². The average Bonchev–Trinajstić information content (AvgIpc) is 3.01. The van der Waals surface area contributed by atoms with Crippen molar-refractivity contribution < 1.29 is 13.6 Å². The van der Waals surface area contributed by atoms with Gasteiger partial charge in [-0.05, 0) is 18.2 Å². The molecule has 1 amide bonds. The fraction of sp³-hybridized carbons (Fsp3) is 0.235. The average molecular weight is 302 g/mol. The SMILES string of the molecule is C=CCN(CC(=O)NCc1ccco1)Cc1ccccc1F. The van der Waals surface area contributed by atoms with E-state index < -0.39 is 0 Å². The summed E-state index contributed by atoms with van der Waals surface area (Å²) in [5.41, 5.74) is 0.559. The highest BCUT2D eigenvalue weighted by Gasteiger charge is 2.12. The van der Waals surface area contributed by atoms with Crippen molar-refractivity contribution in [3.63, 3.8) is 0 Å². The predicted molar refractivity (Wildman–Crippen MR) is 82.4 cm³/mol. The number of hydrogen-bond acceptors (Lipinski definition) is 3. The quantitative estimate of drug-likeness (QED) is 0.763. The van der Waals surface area contributed by atoms with Gasteiger partial charge in [-0.3, -0.25) is 9.69 Å². The van der Waals surface area contributed by atoms with E-state index in [1.165, 1.54) is 6.07 Å². The summed E-state index contributed by atoms with van der Waals surface area (Å²) in [6, 6.07) is 10.1. The van der Waals surface area contributed by atoms with E-state index in [1.807, 2.05) is 4.90 Å². The number of nitrogens with zero attached hydrogens (tertiary/aromatic N) is 1. The molecule has 116 valence electrons. The zero-order chi connectivity index (χ0) is 15.8. The molecule has 22 heavy (non-hydrogen) atoms. The molecule has 0 aliphatic heterocycles. The molecule has 0 radical (unpaired) electrons. The molecule has 5 heteroatoms. The van der Waals surface area contributed by atoms with Crippen LogP contribution in [0.1, 0.15) is 11.3 Å². The van der Waals surface area contributed by atoms with Crippen molar-refractivity contribution in [1.82, 2.24) is 10.2 Å². The summed E-state index contributed by atoms with van der Waals surface area (Å²) in [6.07, 6.45) is 3.25. The third-order valence-corrected chi connectivity index (χ3v) is 3.15. The highest BCUT2D eigenvalue weighted by molar-refractivity contribution is 5.77. The first-order valence-corrected chi connectivity index (χ1v) is 7.05. The van der Waals surface area contributed by atoms with Gasteiger partial charge in [0.15, 0.2) is 0 Å². The van der Waals surface area contributed by atoms with E-state index in [-0.39, 0.29) is 18.3 Å². The van der Waals surface area contributed by atoms with Crippen LogP contribution in [0.15, 0.2) is 59.7 Å². The van der Waals surface area contributed by atoms with E-state index in [4.69, 9.17) is 4.42 Å². The topological polar surface area (TPSA) is 45.5 Å². The zero-order valence-corrected chi connectivity index (χ0v) is 12.3. The summed E-state index contributed by atoms with van der Waals surface area (Å²) in [5, 5.41) is 2.77. The summed E-state index contributed by atoms with van der Waals surface area (Å²) in [5.74, 6) is 0.278. The molecule has 0 spiro atoms. The molecule has 1 heterocycles. The molecular formula is C17H19FN2O2. The Bertz CT molecular complexity index is 611. The fourth-order valence-corrected chi connectivity index (χ4v) is 2.09. The number of furan rings is 1. The standard InChI is InChI=1S/C17H19FN2O2/c1-2-9-20(12-14-6-3-4-8-16(14)18)13-17(21)19-11-15-7-5-10-22-15/h2-8,10H,1,9,11-13H2,(H,19,21). The predicted octanol–water partition coefficient (Wildman–Crippen LogP) is 2.72. The molecule has 2 rings (SSSR count). The van der Waals surface area contributed by atoms with Gasteiger partial charge in [-0.25, -0.2) is 4.39 Å². The third-order valence-electron chi connectivity index (χ3n) is 3.15. The summed E-state index contributed by atoms with van der Waals surface area (Å²) in [4.78, 5) is 13.8. The van der Waals surface area contributed by atoms with Crippen molar-refractivity contribution >= 4 is 5.91 Å². The van der Waals surface area contributed by atoms with E-state index in [0.717, 1.165) is 0 Å². The van der Waals surface area contributed by atoms with Crippen LogP contribution in [0.5, 0.6) is 0 Å². The minimum atomic E-state index is -0.271. The normalized spacial score (nSPS) is 10.6. The molecule has 0 bridgehead atoms. The Labute approximate surface area is 129 Å². The molecule has 0 saturated heterocycles. The molecule has 1 N–H and O–H groups in total. The van der Waals surface area contributed by atoms with E-state index in [0.29, 0.717) is 31.0 Å². The Balaban J connectivity index is 1.89. The van der Waals surface area contributed by atoms with Crippen LogP contribution in [0.4, 0.5) is 4.39 Å². The van der Waals surface area contributed by atoms with E-state index in [1.54, 1.807) is 42.7 Å². The van der Waals surface area contributed by atoms with Crippen LogP contribution in [0.2, 0.25) is 0 Å². The highest BCUT2D eigenvalue weighted by Crippen LogP contribution is 2.09. The lowest BCUT2D eigenvalue weighted by molar-refractivity contribution is -0.122. The van der Waals surface area contributed by atoms with E-state index >= 15 is 0 Å². The van der Waals surface area contributed by atoms with Crippen molar-refractivity contribution in [2.24, 2.45) is 0 Å². The lowest BCUT2D eigenvalue weighted by atomic mass is 10.2. The number of carbonyl (C=O) groups is 1. The second-order valence-corrected chi connectivity index (χ2v) is 4.91. The number of nitrogens with one attached hydrogen (secondary N) is 1. The van der Waals surface area contributed by atoms with Crippen molar-refractivity contribution in [2.45, 2.75) is 13.1 Å². The van der Waals surface area contributed by atoms with Crippen LogP contribution >= 0.6 is 0 Å². The van der Waals surface area contributed by atoms with Gasteiger partial charge in [-0.15, -0.1) is 6.58 Å². The number of carbonyl (C=O) groups excluding carboxylic acids is 1. The minimum Gasteiger partial charge on any atom is -0.467 e. The second-order valence-electron chi connectivity index (χ2n) is 4.91. The van der Waals surface area contributed by atoms with Crippen LogP contribution in [-0.4, -0.2) is 23.9 Å². The van der Waals surface area contributed by atoms with E-state index in [2.05, 4.69) is 11.9 Å². The Hall–Kier alpha value is -2.40. The maximum absolute atomic E-state index is 13.7. The van der Waals surface area contributed by atoms with Crippen LogP contribution < -0.4 is 5.32 Å². The van der Waals surface area contributed by atoms with Crippen molar-refractivity contribution in [3.8, 4) is 0 Å². The van der Waals surface area contributed by atoms with Crippen LogP contribution in [0, 0.1) is 5.82 Å². The number of halogens is 1. The number of amides is 1. The van der Waals surface area contributed by atoms with Gasteiger partial charge in [0.25, 0.3) is 0 Å². The van der Waals surface area contributed by atoms with Crippen LogP contribution in [-0.2, 0) is 17.9 Å². The smallest absolute Gasteiger partial charge is 0.234 e. The maximum atomic E-state index is 13.7. The number of benzene rings is 1. The zero-order valence-electron chi connectivity index (χ0n) is 12.3. The Kier molecular flexibility index (Phi) is 5.91. The number of hydrogen-bond donors (Lipinski definition) is 1. The summed E-state index contributed by atoms with van der Waals surface area (Å²) in [7, 11) is 0. The molecule has 0 saturated carbocycles. The molecule has 0 unspecified atom stereocenters. The first-order chi connectivity index (χ1) is 10.7. The minimum absolute atomic E-state index is 0.144. The van der Waals surface area contributed by atoms with Gasteiger partial charge in [0, 0.05) is 18.7 Å². The third kappa shape index (κ3) is 4.86. The molecule has 2 aromatic rings.